The van der Waals surface area contributed by atoms with E-state index in [1.807, 2.05) is 6.07 Å². The lowest BCUT2D eigenvalue weighted by molar-refractivity contribution is -0.141. The second-order valence-electron chi connectivity index (χ2n) is 5.26. The minimum atomic E-state index is -3.37. The van der Waals surface area contributed by atoms with Crippen LogP contribution in [0.1, 0.15) is 22.3 Å². The number of hydrogen-bond donors (Lipinski definition) is 0. The summed E-state index contributed by atoms with van der Waals surface area (Å²) in [5.41, 5.74) is 1.11. The van der Waals surface area contributed by atoms with E-state index >= 15 is 0 Å². The molecular weight excluding hydrogens is 328 g/mol. The standard InChI is InChI=1S/C18H18O5S/c19-17(16-9-5-2-6-10-16)13-18(20)23-11-12-24(21,22)14-15-7-3-1-4-8-15/h1-10H,11-14H2. The van der Waals surface area contributed by atoms with Gasteiger partial charge < -0.3 is 4.74 Å². The fraction of sp³-hybridized carbons (Fsp3) is 0.222. The van der Waals surface area contributed by atoms with Gasteiger partial charge in [-0.2, -0.15) is 0 Å². The summed E-state index contributed by atoms with van der Waals surface area (Å²) in [7, 11) is -3.37. The van der Waals surface area contributed by atoms with E-state index in [4.69, 9.17) is 4.74 Å². The molecule has 0 heterocycles. The van der Waals surface area contributed by atoms with E-state index in [9.17, 15) is 18.0 Å². The van der Waals surface area contributed by atoms with E-state index in [2.05, 4.69) is 0 Å². The van der Waals surface area contributed by atoms with Gasteiger partial charge in [0.15, 0.2) is 15.6 Å². The Kier molecular flexibility index (Phi) is 6.26. The van der Waals surface area contributed by atoms with Crippen LogP contribution in [0.15, 0.2) is 60.7 Å². The van der Waals surface area contributed by atoms with Gasteiger partial charge in [-0.25, -0.2) is 8.42 Å². The molecule has 0 atom stereocenters. The first-order valence-electron chi connectivity index (χ1n) is 7.44. The van der Waals surface area contributed by atoms with E-state index in [1.54, 1.807) is 54.6 Å². The quantitative estimate of drug-likeness (QED) is 0.417. The van der Waals surface area contributed by atoms with Crippen LogP contribution < -0.4 is 0 Å². The molecule has 2 aromatic rings. The molecule has 2 aromatic carbocycles. The first kappa shape index (κ1) is 17.9. The van der Waals surface area contributed by atoms with Crippen LogP contribution in [0.5, 0.6) is 0 Å². The normalized spacial score (nSPS) is 11.0. The van der Waals surface area contributed by atoms with E-state index < -0.39 is 22.2 Å². The summed E-state index contributed by atoms with van der Waals surface area (Å²) in [6.45, 7) is -0.254. The number of hydrogen-bond acceptors (Lipinski definition) is 5. The molecule has 0 amide bonds. The highest BCUT2D eigenvalue weighted by Crippen LogP contribution is 2.07. The van der Waals surface area contributed by atoms with Crippen LogP contribution >= 0.6 is 0 Å². The number of sulfone groups is 1. The summed E-state index contributed by atoms with van der Waals surface area (Å²) >= 11 is 0. The van der Waals surface area contributed by atoms with Gasteiger partial charge in [0.2, 0.25) is 0 Å². The molecule has 0 aliphatic rings. The Bertz CT molecular complexity index is 783. The van der Waals surface area contributed by atoms with Crippen LogP contribution in [0.25, 0.3) is 0 Å². The van der Waals surface area contributed by atoms with Crippen molar-refractivity contribution in [3.05, 3.63) is 71.8 Å². The minimum Gasteiger partial charge on any atom is -0.464 e. The third-order valence-electron chi connectivity index (χ3n) is 3.29. The van der Waals surface area contributed by atoms with Crippen molar-refractivity contribution in [2.24, 2.45) is 0 Å². The lowest BCUT2D eigenvalue weighted by atomic mass is 10.1. The fourth-order valence-corrected chi connectivity index (χ4v) is 3.27. The average molecular weight is 346 g/mol. The SMILES string of the molecule is O=C(CC(=O)c1ccccc1)OCCS(=O)(=O)Cc1ccccc1. The van der Waals surface area contributed by atoms with Crippen molar-refractivity contribution in [1.82, 2.24) is 0 Å². The lowest BCUT2D eigenvalue weighted by Gasteiger charge is -2.06. The zero-order valence-corrected chi connectivity index (χ0v) is 13.9. The van der Waals surface area contributed by atoms with Crippen LogP contribution in [0.2, 0.25) is 0 Å². The molecule has 5 nitrogen and oxygen atoms in total. The van der Waals surface area contributed by atoms with Crippen LogP contribution in [0.3, 0.4) is 0 Å². The number of carbonyl (C=O) groups excluding carboxylic acids is 2. The predicted octanol–water partition coefficient (Wildman–Crippen LogP) is 2.42. The van der Waals surface area contributed by atoms with Crippen molar-refractivity contribution >= 4 is 21.6 Å². The smallest absolute Gasteiger partial charge is 0.313 e. The number of benzene rings is 2. The number of Topliss-reactive ketones (excluding diaryl/α,β-unsaturated/α-hetero) is 1. The van der Waals surface area contributed by atoms with Crippen molar-refractivity contribution in [2.75, 3.05) is 12.4 Å². The van der Waals surface area contributed by atoms with Crippen LogP contribution in [-0.2, 0) is 25.1 Å². The molecule has 6 heteroatoms. The molecular formula is C18H18O5S. The average Bonchev–Trinajstić information content (AvgIpc) is 2.56. The molecule has 24 heavy (non-hydrogen) atoms. The summed E-state index contributed by atoms with van der Waals surface area (Å²) in [6, 6.07) is 17.2. The largest absolute Gasteiger partial charge is 0.464 e. The summed E-state index contributed by atoms with van der Waals surface area (Å²) in [5.74, 6) is -1.45. The second-order valence-corrected chi connectivity index (χ2v) is 7.45. The van der Waals surface area contributed by atoms with Gasteiger partial charge in [0.1, 0.15) is 13.0 Å². The zero-order valence-electron chi connectivity index (χ0n) is 13.1. The third kappa shape index (κ3) is 5.96. The van der Waals surface area contributed by atoms with Gasteiger partial charge in [0.25, 0.3) is 0 Å². The highest BCUT2D eigenvalue weighted by Gasteiger charge is 2.16. The molecule has 0 aliphatic heterocycles. The minimum absolute atomic E-state index is 0.103. The topological polar surface area (TPSA) is 77.5 Å². The summed E-state index contributed by atoms with van der Waals surface area (Å²) in [4.78, 5) is 23.5. The van der Waals surface area contributed by atoms with Gasteiger partial charge in [-0.3, -0.25) is 9.59 Å². The van der Waals surface area contributed by atoms with Crippen molar-refractivity contribution in [3.63, 3.8) is 0 Å². The number of ether oxygens (including phenoxy) is 1. The first-order chi connectivity index (χ1) is 11.5. The molecule has 0 radical (unpaired) electrons. The molecule has 0 spiro atoms. The molecule has 0 saturated heterocycles. The Morgan fingerprint density at radius 2 is 1.46 bits per heavy atom. The molecule has 2 rings (SSSR count). The number of ketones is 1. The Hall–Kier alpha value is -2.47. The molecule has 0 aliphatic carbocycles. The Morgan fingerprint density at radius 3 is 2.08 bits per heavy atom. The first-order valence-corrected chi connectivity index (χ1v) is 9.27. The Labute approximate surface area is 141 Å². The van der Waals surface area contributed by atoms with Crippen LogP contribution in [0.4, 0.5) is 0 Å². The van der Waals surface area contributed by atoms with E-state index in [-0.39, 0.29) is 23.9 Å². The van der Waals surface area contributed by atoms with E-state index in [0.29, 0.717) is 11.1 Å². The van der Waals surface area contributed by atoms with Gasteiger partial charge in [-0.1, -0.05) is 60.7 Å². The molecule has 0 unspecified atom stereocenters. The summed E-state index contributed by atoms with van der Waals surface area (Å²) in [5, 5.41) is 0. The molecule has 0 bridgehead atoms. The lowest BCUT2D eigenvalue weighted by Crippen LogP contribution is -2.18. The van der Waals surface area contributed by atoms with Gasteiger partial charge in [-0.05, 0) is 5.56 Å². The van der Waals surface area contributed by atoms with Gasteiger partial charge >= 0.3 is 5.97 Å². The maximum absolute atomic E-state index is 12.0. The summed E-state index contributed by atoms with van der Waals surface area (Å²) in [6.07, 6.45) is -0.400. The molecule has 0 N–H and O–H groups in total. The third-order valence-corrected chi connectivity index (χ3v) is 4.85. The second kappa shape index (κ2) is 8.40. The Morgan fingerprint density at radius 1 is 0.875 bits per heavy atom. The van der Waals surface area contributed by atoms with E-state index in [0.717, 1.165) is 0 Å². The molecule has 0 aromatic heterocycles. The molecule has 0 fully saturated rings. The van der Waals surface area contributed by atoms with Crippen LogP contribution in [-0.4, -0.2) is 32.5 Å². The van der Waals surface area contributed by atoms with Gasteiger partial charge in [0, 0.05) is 5.56 Å². The number of esters is 1. The monoisotopic (exact) mass is 346 g/mol. The van der Waals surface area contributed by atoms with Crippen molar-refractivity contribution in [2.45, 2.75) is 12.2 Å². The van der Waals surface area contributed by atoms with Crippen molar-refractivity contribution in [1.29, 1.82) is 0 Å². The van der Waals surface area contributed by atoms with Gasteiger partial charge in [-0.15, -0.1) is 0 Å². The predicted molar refractivity (Wildman–Crippen MR) is 90.3 cm³/mol. The van der Waals surface area contributed by atoms with Gasteiger partial charge in [0.05, 0.1) is 11.5 Å². The number of rotatable bonds is 8. The highest BCUT2D eigenvalue weighted by atomic mass is 32.2. The van der Waals surface area contributed by atoms with E-state index in [1.165, 1.54) is 0 Å². The maximum Gasteiger partial charge on any atom is 0.313 e. The van der Waals surface area contributed by atoms with Crippen LogP contribution in [0, 0.1) is 0 Å². The fourth-order valence-electron chi connectivity index (χ4n) is 2.09. The molecule has 126 valence electrons. The Balaban J connectivity index is 1.77. The van der Waals surface area contributed by atoms with Crippen molar-refractivity contribution < 1.29 is 22.7 Å². The zero-order chi connectivity index (χ0) is 17.4. The summed E-state index contributed by atoms with van der Waals surface area (Å²) < 4.78 is 28.8. The molecule has 0 saturated carbocycles. The number of carbonyl (C=O) groups is 2. The maximum atomic E-state index is 12.0. The van der Waals surface area contributed by atoms with Crippen molar-refractivity contribution in [3.8, 4) is 0 Å². The highest BCUT2D eigenvalue weighted by molar-refractivity contribution is 7.90.